The maximum atomic E-state index is 12.5. The van der Waals surface area contributed by atoms with Crippen molar-refractivity contribution < 1.29 is 23.8 Å². The molecule has 0 spiro atoms. The van der Waals surface area contributed by atoms with Crippen LogP contribution in [0.15, 0.2) is 52.1 Å². The Kier molecular flexibility index (Phi) is 7.61. The summed E-state index contributed by atoms with van der Waals surface area (Å²) in [5, 5.41) is 18.0. The fourth-order valence-corrected chi connectivity index (χ4v) is 4.37. The molecule has 0 aromatic heterocycles. The molecule has 0 radical (unpaired) electrons. The fourth-order valence-electron chi connectivity index (χ4n) is 3.36. The number of methoxy groups -OCH3 is 1. The number of nitrogens with zero attached hydrogens (tertiary/aromatic N) is 3. The Bertz CT molecular complexity index is 1320. The van der Waals surface area contributed by atoms with E-state index < -0.39 is 5.91 Å². The summed E-state index contributed by atoms with van der Waals surface area (Å²) in [4.78, 5) is 27.6. The maximum Gasteiger partial charge on any atom is 0.283 e. The number of carbonyl (C=O) groups excluding carboxylic acids is 2. The van der Waals surface area contributed by atoms with Crippen LogP contribution >= 0.6 is 23.4 Å². The Labute approximate surface area is 216 Å². The number of amides is 2. The van der Waals surface area contributed by atoms with Crippen molar-refractivity contribution in [2.45, 2.75) is 13.8 Å². The van der Waals surface area contributed by atoms with Crippen LogP contribution in [0.5, 0.6) is 17.2 Å². The van der Waals surface area contributed by atoms with Gasteiger partial charge in [0.2, 0.25) is 11.1 Å². The van der Waals surface area contributed by atoms with Gasteiger partial charge in [0.15, 0.2) is 17.3 Å². The van der Waals surface area contributed by atoms with Crippen molar-refractivity contribution in [1.82, 2.24) is 5.01 Å². The minimum Gasteiger partial charge on any atom is -0.493 e. The molecule has 36 heavy (non-hydrogen) atoms. The second-order valence-electron chi connectivity index (χ2n) is 7.58. The number of halogens is 1. The highest BCUT2D eigenvalue weighted by atomic mass is 35.5. The fraction of sp³-hybridized carbons (Fsp3) is 0.208. The zero-order valence-corrected chi connectivity index (χ0v) is 21.2. The zero-order chi connectivity index (χ0) is 25.8. The minimum absolute atomic E-state index is 0.0629. The lowest BCUT2D eigenvalue weighted by Crippen LogP contribution is -2.35. The number of thioether (sulfide) groups is 1. The predicted molar refractivity (Wildman–Crippen MR) is 140 cm³/mol. The topological polar surface area (TPSA) is 126 Å². The Morgan fingerprint density at radius 2 is 1.94 bits per heavy atom. The molecule has 2 amide bonds. The molecule has 0 bridgehead atoms. The van der Waals surface area contributed by atoms with E-state index in [9.17, 15) is 9.59 Å². The van der Waals surface area contributed by atoms with E-state index in [0.717, 1.165) is 0 Å². The molecule has 186 valence electrons. The average molecular weight is 528 g/mol. The number of hydrazone groups is 1. The number of hydrogen-bond donors (Lipinski definition) is 2. The van der Waals surface area contributed by atoms with Gasteiger partial charge in [-0.05, 0) is 66.7 Å². The third kappa shape index (κ3) is 5.69. The first-order valence-electron chi connectivity index (χ1n) is 10.7. The van der Waals surface area contributed by atoms with Crippen molar-refractivity contribution in [2.24, 2.45) is 10.1 Å². The summed E-state index contributed by atoms with van der Waals surface area (Å²) in [6, 6.07) is 10.2. The summed E-state index contributed by atoms with van der Waals surface area (Å²) >= 11 is 7.70. The van der Waals surface area contributed by atoms with Gasteiger partial charge in [0.1, 0.15) is 19.0 Å². The van der Waals surface area contributed by atoms with E-state index in [-0.39, 0.29) is 35.6 Å². The largest absolute Gasteiger partial charge is 0.493 e. The molecule has 0 saturated carbocycles. The number of aliphatic imine (C=N–C) groups is 1. The number of fused-ring (bicyclic) bond motifs is 1. The van der Waals surface area contributed by atoms with Gasteiger partial charge < -0.3 is 19.5 Å². The number of nitrogens with one attached hydrogen (secondary N) is 2. The van der Waals surface area contributed by atoms with E-state index in [0.29, 0.717) is 38.7 Å². The number of anilines is 1. The first-order valence-corrected chi connectivity index (χ1v) is 11.9. The first-order chi connectivity index (χ1) is 17.2. The van der Waals surface area contributed by atoms with Gasteiger partial charge in [-0.2, -0.15) is 15.1 Å². The van der Waals surface area contributed by atoms with Gasteiger partial charge in [-0.15, -0.1) is 0 Å². The zero-order valence-electron chi connectivity index (χ0n) is 19.6. The van der Waals surface area contributed by atoms with Crippen molar-refractivity contribution in [3.63, 3.8) is 0 Å². The van der Waals surface area contributed by atoms with Gasteiger partial charge in [-0.1, -0.05) is 11.6 Å². The van der Waals surface area contributed by atoms with E-state index in [1.165, 1.54) is 36.9 Å². The third-order valence-electron chi connectivity index (χ3n) is 4.89. The van der Waals surface area contributed by atoms with E-state index in [4.69, 9.17) is 31.2 Å². The van der Waals surface area contributed by atoms with Crippen molar-refractivity contribution in [3.8, 4) is 17.2 Å². The van der Waals surface area contributed by atoms with Crippen LogP contribution in [0.3, 0.4) is 0 Å². The highest BCUT2D eigenvalue weighted by Gasteiger charge is 2.34. The Morgan fingerprint density at radius 3 is 2.64 bits per heavy atom. The summed E-state index contributed by atoms with van der Waals surface area (Å²) in [6.45, 7) is 3.65. The molecule has 2 N–H and O–H groups in total. The van der Waals surface area contributed by atoms with Gasteiger partial charge in [0.25, 0.3) is 5.91 Å². The summed E-state index contributed by atoms with van der Waals surface area (Å²) in [6.07, 6.45) is 1.52. The summed E-state index contributed by atoms with van der Waals surface area (Å²) in [7, 11) is 1.48. The molecule has 0 atom stereocenters. The lowest BCUT2D eigenvalue weighted by Gasteiger charge is -2.20. The monoisotopic (exact) mass is 527 g/mol. The average Bonchev–Trinajstić information content (AvgIpc) is 3.21. The van der Waals surface area contributed by atoms with Crippen molar-refractivity contribution >= 4 is 63.0 Å². The minimum atomic E-state index is -0.527. The SMILES string of the molecule is COc1cc(/C=C2\C(=N)N3N=C(C)SC3=NC2=O)cc(Cl)c1OCCOc1ccc(NC(C)=O)cc1. The smallest absolute Gasteiger partial charge is 0.283 e. The second kappa shape index (κ2) is 10.8. The molecule has 0 unspecified atom stereocenters. The van der Waals surface area contributed by atoms with Crippen molar-refractivity contribution in [2.75, 3.05) is 25.6 Å². The quantitative estimate of drug-likeness (QED) is 0.385. The molecule has 2 aromatic rings. The molecule has 0 fully saturated rings. The van der Waals surface area contributed by atoms with Crippen LogP contribution in [0.2, 0.25) is 5.02 Å². The highest BCUT2D eigenvalue weighted by molar-refractivity contribution is 8.26. The Hall–Kier alpha value is -3.83. The molecule has 4 rings (SSSR count). The third-order valence-corrected chi connectivity index (χ3v) is 6.00. The number of rotatable bonds is 8. The van der Waals surface area contributed by atoms with Crippen molar-refractivity contribution in [1.29, 1.82) is 5.41 Å². The molecule has 2 aliphatic heterocycles. The first kappa shape index (κ1) is 25.3. The molecule has 0 saturated heterocycles. The summed E-state index contributed by atoms with van der Waals surface area (Å²) < 4.78 is 16.9. The van der Waals surface area contributed by atoms with Crippen LogP contribution < -0.4 is 19.5 Å². The molecule has 2 aromatic carbocycles. The number of amidine groups is 2. The van der Waals surface area contributed by atoms with E-state index in [1.807, 2.05) is 0 Å². The Morgan fingerprint density at radius 1 is 1.22 bits per heavy atom. The predicted octanol–water partition coefficient (Wildman–Crippen LogP) is 4.40. The summed E-state index contributed by atoms with van der Waals surface area (Å²) in [5.41, 5.74) is 1.30. The van der Waals surface area contributed by atoms with Crippen LogP contribution in [0, 0.1) is 5.41 Å². The number of hydrogen-bond acceptors (Lipinski definition) is 8. The van der Waals surface area contributed by atoms with Gasteiger partial charge in [-0.3, -0.25) is 15.0 Å². The van der Waals surface area contributed by atoms with E-state index in [1.54, 1.807) is 43.3 Å². The number of ether oxygens (including phenoxy) is 3. The molecule has 0 aliphatic carbocycles. The lowest BCUT2D eigenvalue weighted by molar-refractivity contribution is -0.115. The van der Waals surface area contributed by atoms with Gasteiger partial charge >= 0.3 is 0 Å². The molecule has 10 nitrogen and oxygen atoms in total. The van der Waals surface area contributed by atoms with Gasteiger partial charge in [0.05, 0.1) is 22.7 Å². The molecular weight excluding hydrogens is 506 g/mol. The van der Waals surface area contributed by atoms with Crippen LogP contribution in [-0.4, -0.2) is 53.2 Å². The Balaban J connectivity index is 1.42. The lowest BCUT2D eigenvalue weighted by atomic mass is 10.1. The highest BCUT2D eigenvalue weighted by Crippen LogP contribution is 2.37. The standard InChI is InChI=1S/C24H22ClN5O5S/c1-13(31)27-16-4-6-17(7-5-16)34-8-9-35-21-19(25)11-15(12-20(21)33-3)10-18-22(26)30-24(28-23(18)32)36-14(2)29-30/h4-7,10-12,26H,8-9H2,1-3H3,(H,27,31)/b18-10+,26-22?. The normalized spacial score (nSPS) is 15.9. The van der Waals surface area contributed by atoms with Gasteiger partial charge in [0, 0.05) is 12.6 Å². The number of carbonyl (C=O) groups is 2. The van der Waals surface area contributed by atoms with Crippen LogP contribution in [0.1, 0.15) is 19.4 Å². The molecule has 2 aliphatic rings. The molecule has 2 heterocycles. The molecular formula is C24H22ClN5O5S. The second-order valence-corrected chi connectivity index (χ2v) is 9.14. The van der Waals surface area contributed by atoms with Crippen LogP contribution in [-0.2, 0) is 9.59 Å². The van der Waals surface area contributed by atoms with E-state index >= 15 is 0 Å². The van der Waals surface area contributed by atoms with Gasteiger partial charge in [-0.25, -0.2) is 0 Å². The summed E-state index contributed by atoms with van der Waals surface area (Å²) in [5.74, 6) is 0.569. The van der Waals surface area contributed by atoms with Crippen molar-refractivity contribution in [3.05, 3.63) is 52.6 Å². The van der Waals surface area contributed by atoms with E-state index in [2.05, 4.69) is 15.4 Å². The number of benzene rings is 2. The molecule has 12 heteroatoms. The van der Waals surface area contributed by atoms with Crippen LogP contribution in [0.25, 0.3) is 6.08 Å². The van der Waals surface area contributed by atoms with Crippen LogP contribution in [0.4, 0.5) is 5.69 Å². The maximum absolute atomic E-state index is 12.5.